The van der Waals surface area contributed by atoms with Crippen molar-refractivity contribution < 1.29 is 14.4 Å². The van der Waals surface area contributed by atoms with Gasteiger partial charge in [-0.3, -0.25) is 4.79 Å². The molecule has 0 aromatic heterocycles. The first-order valence-electron chi connectivity index (χ1n) is 10.0. The average molecular weight is 422 g/mol. The minimum atomic E-state index is -0.196. The summed E-state index contributed by atoms with van der Waals surface area (Å²) < 4.78 is 5.27. The molecule has 0 fully saturated rings. The summed E-state index contributed by atoms with van der Waals surface area (Å²) in [5.41, 5.74) is 3.31. The van der Waals surface area contributed by atoms with Crippen molar-refractivity contribution in [1.82, 2.24) is 5.32 Å². The van der Waals surface area contributed by atoms with Crippen LogP contribution >= 0.6 is 11.8 Å². The standard InChI is InChI=1S/C25H28N2O2S/c1-27(17-19-9-15-23(30-3)16-10-19)18-24(28)26-25(20-7-5-4-6-8-20)21-11-13-22(29-2)14-12-21/h4-16,25H,17-18H2,1-3H3,(H,26,28)/p+1/t25-/m1/s1. The molecule has 3 rings (SSSR count). The summed E-state index contributed by atoms with van der Waals surface area (Å²) in [7, 11) is 3.70. The lowest BCUT2D eigenvalue weighted by Crippen LogP contribution is -3.08. The lowest BCUT2D eigenvalue weighted by Gasteiger charge is -2.21. The maximum Gasteiger partial charge on any atom is 0.275 e. The summed E-state index contributed by atoms with van der Waals surface area (Å²) in [6.07, 6.45) is 2.07. The van der Waals surface area contributed by atoms with E-state index < -0.39 is 0 Å². The summed E-state index contributed by atoms with van der Waals surface area (Å²) in [5.74, 6) is 0.825. The second kappa shape index (κ2) is 10.9. The summed E-state index contributed by atoms with van der Waals surface area (Å²) >= 11 is 1.73. The molecule has 0 saturated heterocycles. The Morgan fingerprint density at radius 2 is 1.60 bits per heavy atom. The Balaban J connectivity index is 1.67. The highest BCUT2D eigenvalue weighted by molar-refractivity contribution is 7.98. The second-order valence-corrected chi connectivity index (χ2v) is 8.22. The molecule has 0 radical (unpaired) electrons. The zero-order valence-corrected chi connectivity index (χ0v) is 18.5. The van der Waals surface area contributed by atoms with E-state index >= 15 is 0 Å². The summed E-state index contributed by atoms with van der Waals surface area (Å²) in [4.78, 5) is 15.3. The quantitative estimate of drug-likeness (QED) is 0.521. The number of carbonyl (C=O) groups is 1. The fourth-order valence-electron chi connectivity index (χ4n) is 3.44. The highest BCUT2D eigenvalue weighted by Gasteiger charge is 2.19. The van der Waals surface area contributed by atoms with Gasteiger partial charge in [0.1, 0.15) is 12.3 Å². The number of hydrogen-bond acceptors (Lipinski definition) is 3. The fraction of sp³-hybridized carbons (Fsp3) is 0.240. The summed E-state index contributed by atoms with van der Waals surface area (Å²) in [5, 5.41) is 3.22. The van der Waals surface area contributed by atoms with Crippen molar-refractivity contribution in [3.63, 3.8) is 0 Å². The highest BCUT2D eigenvalue weighted by atomic mass is 32.2. The van der Waals surface area contributed by atoms with Crippen LogP contribution in [0.15, 0.2) is 83.8 Å². The molecule has 0 bridgehead atoms. The summed E-state index contributed by atoms with van der Waals surface area (Å²) in [6.45, 7) is 1.21. The third-order valence-electron chi connectivity index (χ3n) is 5.01. The van der Waals surface area contributed by atoms with Crippen LogP contribution in [0.25, 0.3) is 0 Å². The number of nitrogens with one attached hydrogen (secondary N) is 2. The van der Waals surface area contributed by atoms with E-state index in [4.69, 9.17) is 4.74 Å². The van der Waals surface area contributed by atoms with E-state index in [1.807, 2.05) is 61.6 Å². The minimum absolute atomic E-state index is 0.0258. The molecule has 4 nitrogen and oxygen atoms in total. The van der Waals surface area contributed by atoms with Gasteiger partial charge in [0.05, 0.1) is 20.2 Å². The molecule has 1 amide bonds. The molecule has 3 aromatic rings. The maximum absolute atomic E-state index is 12.9. The van der Waals surface area contributed by atoms with Crippen LogP contribution in [-0.4, -0.2) is 32.9 Å². The van der Waals surface area contributed by atoms with Gasteiger partial charge in [-0.25, -0.2) is 0 Å². The molecule has 0 aliphatic rings. The third kappa shape index (κ3) is 6.12. The minimum Gasteiger partial charge on any atom is -0.497 e. The van der Waals surface area contributed by atoms with Gasteiger partial charge in [-0.2, -0.15) is 0 Å². The third-order valence-corrected chi connectivity index (χ3v) is 5.76. The molecule has 2 atom stereocenters. The van der Waals surface area contributed by atoms with Gasteiger partial charge in [-0.05, 0) is 41.6 Å². The van der Waals surface area contributed by atoms with Gasteiger partial charge in [0, 0.05) is 10.5 Å². The van der Waals surface area contributed by atoms with Gasteiger partial charge >= 0.3 is 0 Å². The van der Waals surface area contributed by atoms with Crippen LogP contribution in [0.1, 0.15) is 22.7 Å². The van der Waals surface area contributed by atoms with Crippen molar-refractivity contribution in [3.05, 3.63) is 95.6 Å². The van der Waals surface area contributed by atoms with Gasteiger partial charge < -0.3 is 15.0 Å². The van der Waals surface area contributed by atoms with Gasteiger partial charge in [-0.1, -0.05) is 54.6 Å². The molecule has 0 saturated carbocycles. The van der Waals surface area contributed by atoms with Gasteiger partial charge in [0.15, 0.2) is 6.54 Å². The smallest absolute Gasteiger partial charge is 0.275 e. The zero-order chi connectivity index (χ0) is 21.3. The highest BCUT2D eigenvalue weighted by Crippen LogP contribution is 2.24. The van der Waals surface area contributed by atoms with Crippen LogP contribution in [0.4, 0.5) is 0 Å². The number of likely N-dealkylation sites (N-methyl/N-ethyl adjacent to an activating group) is 1. The fourth-order valence-corrected chi connectivity index (χ4v) is 3.85. The van der Waals surface area contributed by atoms with Crippen LogP contribution in [0.5, 0.6) is 5.75 Å². The summed E-state index contributed by atoms with van der Waals surface area (Å²) in [6, 6.07) is 26.2. The molecular formula is C25H29N2O2S+. The topological polar surface area (TPSA) is 42.8 Å². The monoisotopic (exact) mass is 421 g/mol. The van der Waals surface area contributed by atoms with E-state index in [0.717, 1.165) is 28.3 Å². The van der Waals surface area contributed by atoms with Crippen molar-refractivity contribution in [1.29, 1.82) is 0 Å². The molecule has 5 heteroatoms. The lowest BCUT2D eigenvalue weighted by atomic mass is 9.98. The number of benzene rings is 3. The molecule has 2 N–H and O–H groups in total. The molecule has 30 heavy (non-hydrogen) atoms. The Bertz CT molecular complexity index is 928. The predicted octanol–water partition coefficient (Wildman–Crippen LogP) is 3.34. The van der Waals surface area contributed by atoms with Crippen LogP contribution in [-0.2, 0) is 11.3 Å². The van der Waals surface area contributed by atoms with Crippen molar-refractivity contribution in [2.45, 2.75) is 17.5 Å². The number of hydrogen-bond donors (Lipinski definition) is 2. The van der Waals surface area contributed by atoms with E-state index in [1.54, 1.807) is 18.9 Å². The Morgan fingerprint density at radius 3 is 2.20 bits per heavy atom. The number of ether oxygens (including phenoxy) is 1. The molecule has 0 aliphatic heterocycles. The van der Waals surface area contributed by atoms with Crippen LogP contribution in [0.2, 0.25) is 0 Å². The van der Waals surface area contributed by atoms with Crippen LogP contribution in [0.3, 0.4) is 0 Å². The van der Waals surface area contributed by atoms with Crippen LogP contribution in [0, 0.1) is 0 Å². The number of amides is 1. The Labute approximate surface area is 183 Å². The van der Waals surface area contributed by atoms with Gasteiger partial charge in [0.2, 0.25) is 0 Å². The van der Waals surface area contributed by atoms with E-state index in [0.29, 0.717) is 6.54 Å². The molecule has 3 aromatic carbocycles. The molecular weight excluding hydrogens is 392 g/mol. The normalized spacial score (nSPS) is 12.8. The van der Waals surface area contributed by atoms with Crippen molar-refractivity contribution >= 4 is 17.7 Å². The SMILES string of the molecule is COc1ccc([C@H](NC(=O)C[NH+](C)Cc2ccc(SC)cc2)c2ccccc2)cc1. The largest absolute Gasteiger partial charge is 0.497 e. The first kappa shape index (κ1) is 21.9. The molecule has 0 aliphatic carbocycles. The van der Waals surface area contributed by atoms with Crippen molar-refractivity contribution in [3.8, 4) is 5.75 Å². The first-order chi connectivity index (χ1) is 14.6. The van der Waals surface area contributed by atoms with Crippen molar-refractivity contribution in [2.75, 3.05) is 27.0 Å². The first-order valence-corrected chi connectivity index (χ1v) is 11.2. The Hall–Kier alpha value is -2.76. The predicted molar refractivity (Wildman–Crippen MR) is 123 cm³/mol. The molecule has 1 unspecified atom stereocenters. The number of methoxy groups -OCH3 is 1. The lowest BCUT2D eigenvalue weighted by molar-refractivity contribution is -0.885. The van der Waals surface area contributed by atoms with Crippen molar-refractivity contribution in [2.24, 2.45) is 0 Å². The molecule has 0 heterocycles. The van der Waals surface area contributed by atoms with E-state index in [1.165, 1.54) is 10.5 Å². The molecule has 0 spiro atoms. The zero-order valence-electron chi connectivity index (χ0n) is 17.7. The second-order valence-electron chi connectivity index (χ2n) is 7.34. The number of quaternary nitrogens is 1. The average Bonchev–Trinajstić information content (AvgIpc) is 2.78. The number of thioether (sulfide) groups is 1. The maximum atomic E-state index is 12.9. The van der Waals surface area contributed by atoms with Gasteiger partial charge in [-0.15, -0.1) is 11.8 Å². The number of carbonyl (C=O) groups excluding carboxylic acids is 1. The van der Waals surface area contributed by atoms with E-state index in [-0.39, 0.29) is 11.9 Å². The van der Waals surface area contributed by atoms with E-state index in [2.05, 4.69) is 35.8 Å². The number of rotatable bonds is 9. The van der Waals surface area contributed by atoms with E-state index in [9.17, 15) is 4.79 Å². The Morgan fingerprint density at radius 1 is 0.967 bits per heavy atom. The molecule has 156 valence electrons. The Kier molecular flexibility index (Phi) is 7.94. The van der Waals surface area contributed by atoms with Crippen LogP contribution < -0.4 is 15.0 Å². The van der Waals surface area contributed by atoms with Gasteiger partial charge in [0.25, 0.3) is 5.91 Å².